The van der Waals surface area contributed by atoms with Crippen molar-refractivity contribution in [3.63, 3.8) is 0 Å². The van der Waals surface area contributed by atoms with Gasteiger partial charge in [0.15, 0.2) is 0 Å². The fourth-order valence-corrected chi connectivity index (χ4v) is 4.26. The number of aryl methyl sites for hydroxylation is 1. The molecular formula is C22H28N4O2S. The van der Waals surface area contributed by atoms with E-state index in [2.05, 4.69) is 46.0 Å². The van der Waals surface area contributed by atoms with Crippen LogP contribution in [0.3, 0.4) is 0 Å². The molecule has 0 bridgehead atoms. The Hall–Kier alpha value is -2.51. The van der Waals surface area contributed by atoms with Gasteiger partial charge in [-0.2, -0.15) is 16.4 Å². The quantitative estimate of drug-likeness (QED) is 0.718. The monoisotopic (exact) mass is 412 g/mol. The van der Waals surface area contributed by atoms with Crippen molar-refractivity contribution in [3.05, 3.63) is 52.2 Å². The largest absolute Gasteiger partial charge is 0.349 e. The van der Waals surface area contributed by atoms with Crippen LogP contribution in [0.5, 0.6) is 0 Å². The van der Waals surface area contributed by atoms with Gasteiger partial charge < -0.3 is 5.32 Å². The Morgan fingerprint density at radius 1 is 1.28 bits per heavy atom. The summed E-state index contributed by atoms with van der Waals surface area (Å²) >= 11 is 1.66. The lowest BCUT2D eigenvalue weighted by molar-refractivity contribution is -0.119. The first-order valence-electron chi connectivity index (χ1n) is 10.0. The summed E-state index contributed by atoms with van der Waals surface area (Å²) in [5, 5.41) is 13.0. The van der Waals surface area contributed by atoms with E-state index in [4.69, 9.17) is 0 Å². The van der Waals surface area contributed by atoms with Crippen molar-refractivity contribution in [2.45, 2.75) is 39.7 Å². The molecule has 0 aliphatic carbocycles. The zero-order valence-electron chi connectivity index (χ0n) is 17.2. The third-order valence-electron chi connectivity index (χ3n) is 5.18. The molecule has 0 fully saturated rings. The average Bonchev–Trinajstić information content (AvgIpc) is 3.25. The molecule has 0 radical (unpaired) electrons. The number of benzene rings is 1. The number of carbonyl (C=O) groups excluding carboxylic acids is 2. The highest BCUT2D eigenvalue weighted by atomic mass is 32.1. The average molecular weight is 413 g/mol. The number of nitrogens with zero attached hydrogens (tertiary/aromatic N) is 3. The van der Waals surface area contributed by atoms with Crippen LogP contribution in [-0.2, 0) is 9.59 Å². The van der Waals surface area contributed by atoms with Crippen molar-refractivity contribution in [2.24, 2.45) is 5.10 Å². The first-order chi connectivity index (χ1) is 14.0. The van der Waals surface area contributed by atoms with E-state index in [-0.39, 0.29) is 24.3 Å². The zero-order chi connectivity index (χ0) is 20.8. The molecule has 6 nitrogen and oxygen atoms in total. The second-order valence-electron chi connectivity index (χ2n) is 7.09. The van der Waals surface area contributed by atoms with E-state index in [1.807, 2.05) is 31.2 Å². The van der Waals surface area contributed by atoms with Gasteiger partial charge in [-0.25, -0.2) is 5.01 Å². The van der Waals surface area contributed by atoms with Gasteiger partial charge in [0.1, 0.15) is 5.71 Å². The molecule has 154 valence electrons. The minimum absolute atomic E-state index is 0.0913. The summed E-state index contributed by atoms with van der Waals surface area (Å²) in [6.07, 6.45) is 0.644. The molecule has 1 aliphatic rings. The normalized spacial score (nSPS) is 15.4. The Morgan fingerprint density at radius 2 is 2.07 bits per heavy atom. The van der Waals surface area contributed by atoms with Gasteiger partial charge in [0.05, 0.1) is 11.7 Å². The Balaban J connectivity index is 1.73. The Morgan fingerprint density at radius 3 is 2.72 bits per heavy atom. The maximum atomic E-state index is 12.8. The molecule has 0 spiro atoms. The minimum atomic E-state index is -0.206. The van der Waals surface area contributed by atoms with Crippen molar-refractivity contribution >= 4 is 34.6 Å². The summed E-state index contributed by atoms with van der Waals surface area (Å²) in [4.78, 5) is 27.5. The van der Waals surface area contributed by atoms with Crippen LogP contribution in [0.25, 0.3) is 0 Å². The number of hydrogen-bond acceptors (Lipinski definition) is 5. The predicted octanol–water partition coefficient (Wildman–Crippen LogP) is 3.74. The van der Waals surface area contributed by atoms with Crippen molar-refractivity contribution in [1.82, 2.24) is 10.2 Å². The molecule has 0 saturated carbocycles. The summed E-state index contributed by atoms with van der Waals surface area (Å²) in [7, 11) is 0. The van der Waals surface area contributed by atoms with Crippen molar-refractivity contribution < 1.29 is 9.59 Å². The molecule has 7 heteroatoms. The molecule has 1 unspecified atom stereocenters. The first kappa shape index (κ1) is 21.2. The summed E-state index contributed by atoms with van der Waals surface area (Å²) < 4.78 is 0. The fraction of sp³-hybridized carbons (Fsp3) is 0.409. The van der Waals surface area contributed by atoms with Gasteiger partial charge in [-0.05, 0) is 60.1 Å². The lowest BCUT2D eigenvalue weighted by Gasteiger charge is -2.30. The number of amides is 2. The smallest absolute Gasteiger partial charge is 0.267 e. The molecule has 2 aromatic rings. The molecule has 3 rings (SSSR count). The van der Waals surface area contributed by atoms with Crippen molar-refractivity contribution in [2.75, 3.05) is 24.6 Å². The van der Waals surface area contributed by atoms with E-state index in [9.17, 15) is 9.59 Å². The third kappa shape index (κ3) is 5.10. The van der Waals surface area contributed by atoms with Crippen LogP contribution in [0.2, 0.25) is 0 Å². The molecule has 29 heavy (non-hydrogen) atoms. The molecule has 1 aliphatic heterocycles. The molecular weight excluding hydrogens is 384 g/mol. The van der Waals surface area contributed by atoms with Gasteiger partial charge in [0.25, 0.3) is 5.91 Å². The number of likely N-dealkylation sites (N-methyl/N-ethyl adjacent to an activating group) is 1. The summed E-state index contributed by atoms with van der Waals surface area (Å²) in [5.74, 6) is -0.297. The third-order valence-corrected chi connectivity index (χ3v) is 5.88. The first-order valence-corrected chi connectivity index (χ1v) is 11.0. The molecule has 1 aromatic heterocycles. The van der Waals surface area contributed by atoms with Crippen LogP contribution in [0.4, 0.5) is 5.69 Å². The fourth-order valence-electron chi connectivity index (χ4n) is 3.56. The topological polar surface area (TPSA) is 65.0 Å². The lowest BCUT2D eigenvalue weighted by Crippen LogP contribution is -2.43. The van der Waals surface area contributed by atoms with Gasteiger partial charge in [-0.3, -0.25) is 14.5 Å². The van der Waals surface area contributed by atoms with Crippen LogP contribution in [0.15, 0.2) is 46.2 Å². The van der Waals surface area contributed by atoms with Crippen molar-refractivity contribution in [1.29, 1.82) is 0 Å². The van der Waals surface area contributed by atoms with Gasteiger partial charge in [0, 0.05) is 19.4 Å². The predicted molar refractivity (Wildman–Crippen MR) is 118 cm³/mol. The number of rotatable bonds is 8. The van der Waals surface area contributed by atoms with Gasteiger partial charge in [-0.1, -0.05) is 26.0 Å². The molecule has 2 amide bonds. The van der Waals surface area contributed by atoms with Crippen LogP contribution in [-0.4, -0.2) is 42.1 Å². The summed E-state index contributed by atoms with van der Waals surface area (Å²) in [5.41, 5.74) is 3.34. The number of hydrazone groups is 1. The van der Waals surface area contributed by atoms with Gasteiger partial charge in [0.2, 0.25) is 5.91 Å². The SMILES string of the molecule is CCN(CC)C(CNC(=O)C1=NN(c2cccc(C)c2)C(=O)CC1)c1ccsc1. The number of anilines is 1. The molecule has 0 saturated heterocycles. The second kappa shape index (κ2) is 9.80. The van der Waals surface area contributed by atoms with E-state index in [0.29, 0.717) is 24.4 Å². The summed E-state index contributed by atoms with van der Waals surface area (Å²) in [6.45, 7) is 8.54. The maximum absolute atomic E-state index is 12.8. The number of carbonyl (C=O) groups is 2. The van der Waals surface area contributed by atoms with Gasteiger partial charge >= 0.3 is 0 Å². The van der Waals surface area contributed by atoms with E-state index < -0.39 is 0 Å². The zero-order valence-corrected chi connectivity index (χ0v) is 18.0. The Kier molecular flexibility index (Phi) is 7.17. The van der Waals surface area contributed by atoms with Crippen LogP contribution in [0.1, 0.15) is 43.9 Å². The van der Waals surface area contributed by atoms with E-state index in [1.165, 1.54) is 10.6 Å². The number of thiophene rings is 1. The molecule has 1 atom stereocenters. The summed E-state index contributed by atoms with van der Waals surface area (Å²) in [6, 6.07) is 9.82. The highest BCUT2D eigenvalue weighted by Gasteiger charge is 2.27. The molecule has 1 aromatic carbocycles. The minimum Gasteiger partial charge on any atom is -0.349 e. The van der Waals surface area contributed by atoms with E-state index in [0.717, 1.165) is 18.7 Å². The highest BCUT2D eigenvalue weighted by Crippen LogP contribution is 2.23. The Labute approximate surface area is 176 Å². The van der Waals surface area contributed by atoms with Crippen LogP contribution in [0, 0.1) is 6.92 Å². The van der Waals surface area contributed by atoms with E-state index >= 15 is 0 Å². The Bertz CT molecular complexity index is 875. The molecule has 1 N–H and O–H groups in total. The standard InChI is InChI=1S/C22H28N4O2S/c1-4-25(5-2)20(17-11-12-29-15-17)14-23-22(28)19-9-10-21(27)26(24-19)18-8-6-7-16(3)13-18/h6-8,11-13,15,20H,4-5,9-10,14H2,1-3H3,(H,23,28). The molecule has 2 heterocycles. The van der Waals surface area contributed by atoms with Crippen LogP contribution < -0.4 is 10.3 Å². The maximum Gasteiger partial charge on any atom is 0.267 e. The second-order valence-corrected chi connectivity index (χ2v) is 7.87. The van der Waals surface area contributed by atoms with Crippen LogP contribution >= 0.6 is 11.3 Å². The lowest BCUT2D eigenvalue weighted by atomic mass is 10.1. The number of hydrogen-bond donors (Lipinski definition) is 1. The number of nitrogens with one attached hydrogen (secondary N) is 1. The van der Waals surface area contributed by atoms with Gasteiger partial charge in [-0.15, -0.1) is 0 Å². The highest BCUT2D eigenvalue weighted by molar-refractivity contribution is 7.08. The van der Waals surface area contributed by atoms with Crippen molar-refractivity contribution in [3.8, 4) is 0 Å². The van der Waals surface area contributed by atoms with E-state index in [1.54, 1.807) is 11.3 Å².